The molecule has 0 atom stereocenters. The first kappa shape index (κ1) is 9.40. The quantitative estimate of drug-likeness (QED) is 0.700. The zero-order valence-electron chi connectivity index (χ0n) is 7.70. The first-order chi connectivity index (χ1) is 6.29. The van der Waals surface area contributed by atoms with Gasteiger partial charge >= 0.3 is 0 Å². The molecule has 0 saturated heterocycles. The van der Waals surface area contributed by atoms with E-state index in [1.165, 1.54) is 0 Å². The van der Waals surface area contributed by atoms with E-state index < -0.39 is 0 Å². The third-order valence-electron chi connectivity index (χ3n) is 1.84. The molecule has 0 spiro atoms. The Morgan fingerprint density at radius 2 is 2.46 bits per heavy atom. The Bertz CT molecular complexity index is 314. The second kappa shape index (κ2) is 4.36. The number of nitrogens with two attached hydrogens (primary N) is 1. The van der Waals surface area contributed by atoms with Gasteiger partial charge < -0.3 is 10.6 Å². The molecular formula is C10H13N3. The van der Waals surface area contributed by atoms with Crippen LogP contribution in [0.25, 0.3) is 0 Å². The molecule has 0 aliphatic carbocycles. The lowest BCUT2D eigenvalue weighted by Crippen LogP contribution is -2.23. The molecular weight excluding hydrogens is 162 g/mol. The SMILES string of the molecule is C#CCN(CC)c1cnccc1N. The van der Waals surface area contributed by atoms with Crippen LogP contribution in [0.1, 0.15) is 6.92 Å². The fraction of sp³-hybridized carbons (Fsp3) is 0.300. The van der Waals surface area contributed by atoms with Gasteiger partial charge in [-0.1, -0.05) is 5.92 Å². The van der Waals surface area contributed by atoms with Crippen molar-refractivity contribution >= 4 is 11.4 Å². The molecule has 3 nitrogen and oxygen atoms in total. The maximum Gasteiger partial charge on any atom is 0.0794 e. The standard InChI is InChI=1S/C10H13N3/c1-3-7-13(4-2)10-8-12-6-5-9(10)11/h1,5-6,8H,4,7H2,2H3,(H2,11,12). The fourth-order valence-corrected chi connectivity index (χ4v) is 1.14. The van der Waals surface area contributed by atoms with Crippen LogP contribution in [0.4, 0.5) is 11.4 Å². The van der Waals surface area contributed by atoms with Gasteiger partial charge in [0.25, 0.3) is 0 Å². The van der Waals surface area contributed by atoms with Gasteiger partial charge in [0, 0.05) is 12.7 Å². The van der Waals surface area contributed by atoms with Crippen molar-refractivity contribution in [1.29, 1.82) is 0 Å². The van der Waals surface area contributed by atoms with Gasteiger partial charge in [-0.05, 0) is 13.0 Å². The summed E-state index contributed by atoms with van der Waals surface area (Å²) in [4.78, 5) is 6.01. The van der Waals surface area contributed by atoms with Crippen LogP contribution in [0.5, 0.6) is 0 Å². The molecule has 1 rings (SSSR count). The van der Waals surface area contributed by atoms with Crippen LogP contribution in [0, 0.1) is 12.3 Å². The molecule has 0 amide bonds. The topological polar surface area (TPSA) is 42.2 Å². The fourth-order valence-electron chi connectivity index (χ4n) is 1.14. The average molecular weight is 175 g/mol. The van der Waals surface area contributed by atoms with Gasteiger partial charge in [0.1, 0.15) is 0 Å². The number of nitrogen functional groups attached to an aromatic ring is 1. The van der Waals surface area contributed by atoms with Crippen LogP contribution >= 0.6 is 0 Å². The van der Waals surface area contributed by atoms with E-state index >= 15 is 0 Å². The summed E-state index contributed by atoms with van der Waals surface area (Å²) in [7, 11) is 0. The molecule has 0 aromatic carbocycles. The third-order valence-corrected chi connectivity index (χ3v) is 1.84. The van der Waals surface area contributed by atoms with Crippen molar-refractivity contribution in [3.05, 3.63) is 18.5 Å². The highest BCUT2D eigenvalue weighted by Gasteiger charge is 2.05. The van der Waals surface area contributed by atoms with E-state index in [2.05, 4.69) is 10.9 Å². The smallest absolute Gasteiger partial charge is 0.0794 e. The van der Waals surface area contributed by atoms with Crippen molar-refractivity contribution in [2.45, 2.75) is 6.92 Å². The zero-order valence-corrected chi connectivity index (χ0v) is 7.70. The molecule has 0 fully saturated rings. The van der Waals surface area contributed by atoms with Crippen molar-refractivity contribution in [1.82, 2.24) is 4.98 Å². The summed E-state index contributed by atoms with van der Waals surface area (Å²) in [6.07, 6.45) is 8.64. The number of anilines is 2. The molecule has 1 aromatic heterocycles. The molecule has 3 heteroatoms. The van der Waals surface area contributed by atoms with Gasteiger partial charge in [0.2, 0.25) is 0 Å². The van der Waals surface area contributed by atoms with E-state index in [1.54, 1.807) is 18.5 Å². The molecule has 1 heterocycles. The summed E-state index contributed by atoms with van der Waals surface area (Å²) < 4.78 is 0. The van der Waals surface area contributed by atoms with Gasteiger partial charge in [0.15, 0.2) is 0 Å². The predicted molar refractivity (Wildman–Crippen MR) is 55.4 cm³/mol. The Labute approximate surface area is 78.6 Å². The second-order valence-corrected chi connectivity index (χ2v) is 2.65. The van der Waals surface area contributed by atoms with Crippen LogP contribution < -0.4 is 10.6 Å². The highest BCUT2D eigenvalue weighted by Crippen LogP contribution is 2.19. The number of hydrogen-bond acceptors (Lipinski definition) is 3. The molecule has 2 N–H and O–H groups in total. The third kappa shape index (κ3) is 2.12. The maximum absolute atomic E-state index is 5.78. The lowest BCUT2D eigenvalue weighted by Gasteiger charge is -2.21. The van der Waals surface area contributed by atoms with E-state index in [0.717, 1.165) is 12.2 Å². The monoisotopic (exact) mass is 175 g/mol. The van der Waals surface area contributed by atoms with Crippen molar-refractivity contribution < 1.29 is 0 Å². The van der Waals surface area contributed by atoms with E-state index in [9.17, 15) is 0 Å². The molecule has 1 aromatic rings. The van der Waals surface area contributed by atoms with E-state index in [1.807, 2.05) is 11.8 Å². The van der Waals surface area contributed by atoms with Gasteiger partial charge in [-0.15, -0.1) is 6.42 Å². The maximum atomic E-state index is 5.78. The highest BCUT2D eigenvalue weighted by molar-refractivity contribution is 5.66. The normalized spacial score (nSPS) is 9.23. The second-order valence-electron chi connectivity index (χ2n) is 2.65. The van der Waals surface area contributed by atoms with Gasteiger partial charge in [-0.2, -0.15) is 0 Å². The largest absolute Gasteiger partial charge is 0.397 e. The van der Waals surface area contributed by atoms with Crippen molar-refractivity contribution in [3.63, 3.8) is 0 Å². The summed E-state index contributed by atoms with van der Waals surface area (Å²) in [5.41, 5.74) is 7.40. The lowest BCUT2D eigenvalue weighted by molar-refractivity contribution is 0.915. The number of terminal acetylenes is 1. The van der Waals surface area contributed by atoms with Gasteiger partial charge in [-0.25, -0.2) is 0 Å². The Balaban J connectivity index is 2.92. The Hall–Kier alpha value is -1.69. The van der Waals surface area contributed by atoms with Crippen molar-refractivity contribution in [2.75, 3.05) is 23.7 Å². The first-order valence-electron chi connectivity index (χ1n) is 4.17. The Kier molecular flexibility index (Phi) is 3.15. The summed E-state index contributed by atoms with van der Waals surface area (Å²) in [5.74, 6) is 2.59. The number of rotatable bonds is 3. The number of nitrogens with zero attached hydrogens (tertiary/aromatic N) is 2. The highest BCUT2D eigenvalue weighted by atomic mass is 15.1. The first-order valence-corrected chi connectivity index (χ1v) is 4.17. The van der Waals surface area contributed by atoms with E-state index in [0.29, 0.717) is 12.2 Å². The molecule has 68 valence electrons. The van der Waals surface area contributed by atoms with Crippen LogP contribution in [0.3, 0.4) is 0 Å². The molecule has 0 saturated carbocycles. The Morgan fingerprint density at radius 3 is 3.00 bits per heavy atom. The van der Waals surface area contributed by atoms with Gasteiger partial charge in [0.05, 0.1) is 24.1 Å². The van der Waals surface area contributed by atoms with Crippen LogP contribution in [-0.2, 0) is 0 Å². The van der Waals surface area contributed by atoms with Crippen molar-refractivity contribution in [3.8, 4) is 12.3 Å². The Morgan fingerprint density at radius 1 is 1.69 bits per heavy atom. The summed E-state index contributed by atoms with van der Waals surface area (Å²) in [6, 6.07) is 1.77. The minimum atomic E-state index is 0.562. The van der Waals surface area contributed by atoms with Gasteiger partial charge in [-0.3, -0.25) is 4.98 Å². The number of pyridine rings is 1. The molecule has 0 aliphatic heterocycles. The number of hydrogen-bond donors (Lipinski definition) is 1. The summed E-state index contributed by atoms with van der Waals surface area (Å²) in [6.45, 7) is 3.43. The molecule has 13 heavy (non-hydrogen) atoms. The predicted octanol–water partition coefficient (Wildman–Crippen LogP) is 1.12. The number of aromatic nitrogens is 1. The van der Waals surface area contributed by atoms with E-state index in [4.69, 9.17) is 12.2 Å². The van der Waals surface area contributed by atoms with Crippen LogP contribution in [0.2, 0.25) is 0 Å². The minimum absolute atomic E-state index is 0.562. The lowest BCUT2D eigenvalue weighted by atomic mass is 10.3. The summed E-state index contributed by atoms with van der Waals surface area (Å²) in [5, 5.41) is 0. The zero-order chi connectivity index (χ0) is 9.68. The summed E-state index contributed by atoms with van der Waals surface area (Å²) >= 11 is 0. The van der Waals surface area contributed by atoms with Crippen LogP contribution in [0.15, 0.2) is 18.5 Å². The average Bonchev–Trinajstić information content (AvgIpc) is 2.16. The molecule has 0 bridgehead atoms. The van der Waals surface area contributed by atoms with Crippen molar-refractivity contribution in [2.24, 2.45) is 0 Å². The van der Waals surface area contributed by atoms with Crippen LogP contribution in [-0.4, -0.2) is 18.1 Å². The minimum Gasteiger partial charge on any atom is -0.397 e. The molecule has 0 radical (unpaired) electrons. The van der Waals surface area contributed by atoms with E-state index in [-0.39, 0.29) is 0 Å². The molecule has 0 unspecified atom stereocenters. The molecule has 0 aliphatic rings.